The molecule has 94 valence electrons. The molecule has 2 atom stereocenters. The molecule has 4 nitrogen and oxygen atoms in total. The van der Waals surface area contributed by atoms with Gasteiger partial charge in [-0.25, -0.2) is 0 Å². The number of aryl methyl sites for hydroxylation is 1. The van der Waals surface area contributed by atoms with Crippen LogP contribution >= 0.6 is 0 Å². The minimum Gasteiger partial charge on any atom is -0.339 e. The van der Waals surface area contributed by atoms with E-state index in [-0.39, 0.29) is 6.04 Å². The Morgan fingerprint density at radius 1 is 1.44 bits per heavy atom. The van der Waals surface area contributed by atoms with Gasteiger partial charge in [0.25, 0.3) is 0 Å². The van der Waals surface area contributed by atoms with Crippen molar-refractivity contribution in [3.8, 4) is 0 Å². The molecule has 0 radical (unpaired) electrons. The summed E-state index contributed by atoms with van der Waals surface area (Å²) in [6, 6.07) is 8.59. The van der Waals surface area contributed by atoms with E-state index in [0.717, 1.165) is 25.1 Å². The molecular formula is C14H17N3O. The van der Waals surface area contributed by atoms with E-state index in [9.17, 15) is 0 Å². The smallest absolute Gasteiger partial charge is 0.226 e. The van der Waals surface area contributed by atoms with E-state index in [0.29, 0.717) is 11.8 Å². The van der Waals surface area contributed by atoms with Crippen molar-refractivity contribution in [1.82, 2.24) is 10.1 Å². The molecule has 2 aromatic rings. The second kappa shape index (κ2) is 4.53. The van der Waals surface area contributed by atoms with Crippen LogP contribution in [0.3, 0.4) is 0 Å². The van der Waals surface area contributed by atoms with Gasteiger partial charge in [0.15, 0.2) is 5.82 Å². The number of benzene rings is 1. The van der Waals surface area contributed by atoms with E-state index in [4.69, 9.17) is 10.3 Å². The Kier molecular flexibility index (Phi) is 2.88. The maximum Gasteiger partial charge on any atom is 0.226 e. The van der Waals surface area contributed by atoms with E-state index >= 15 is 0 Å². The van der Waals surface area contributed by atoms with E-state index < -0.39 is 0 Å². The monoisotopic (exact) mass is 243 g/mol. The van der Waals surface area contributed by atoms with Crippen LogP contribution in [0.15, 0.2) is 28.8 Å². The Morgan fingerprint density at radius 3 is 3.06 bits per heavy atom. The summed E-state index contributed by atoms with van der Waals surface area (Å²) in [5.74, 6) is 1.83. The SMILES string of the molecule is CC(N)CCc1nc(C2Cc3ccccc32)no1. The average molecular weight is 243 g/mol. The number of rotatable bonds is 4. The first-order valence-corrected chi connectivity index (χ1v) is 6.40. The van der Waals surface area contributed by atoms with Gasteiger partial charge in [0, 0.05) is 12.5 Å². The molecule has 2 unspecified atom stereocenters. The molecule has 1 aromatic carbocycles. The zero-order valence-electron chi connectivity index (χ0n) is 10.5. The van der Waals surface area contributed by atoms with Crippen molar-refractivity contribution in [3.05, 3.63) is 47.1 Å². The molecule has 0 bridgehead atoms. The average Bonchev–Trinajstić information content (AvgIpc) is 2.77. The lowest BCUT2D eigenvalue weighted by atomic mass is 9.77. The van der Waals surface area contributed by atoms with Crippen LogP contribution in [0, 0.1) is 0 Å². The minimum absolute atomic E-state index is 0.171. The summed E-state index contributed by atoms with van der Waals surface area (Å²) in [6.07, 6.45) is 2.66. The number of hydrogen-bond donors (Lipinski definition) is 1. The summed E-state index contributed by atoms with van der Waals surface area (Å²) < 4.78 is 5.27. The molecule has 1 aliphatic rings. The highest BCUT2D eigenvalue weighted by Crippen LogP contribution is 2.38. The summed E-state index contributed by atoms with van der Waals surface area (Å²) in [7, 11) is 0. The topological polar surface area (TPSA) is 64.9 Å². The Hall–Kier alpha value is -1.68. The third kappa shape index (κ3) is 2.04. The summed E-state index contributed by atoms with van der Waals surface area (Å²) >= 11 is 0. The Balaban J connectivity index is 1.72. The van der Waals surface area contributed by atoms with Crippen molar-refractivity contribution < 1.29 is 4.52 Å². The summed E-state index contributed by atoms with van der Waals surface area (Å²) in [5.41, 5.74) is 8.44. The van der Waals surface area contributed by atoms with Crippen LogP contribution in [0.2, 0.25) is 0 Å². The van der Waals surface area contributed by atoms with Gasteiger partial charge < -0.3 is 10.3 Å². The molecule has 1 aromatic heterocycles. The van der Waals surface area contributed by atoms with Crippen LogP contribution in [-0.4, -0.2) is 16.2 Å². The molecule has 0 saturated carbocycles. The number of hydrogen-bond acceptors (Lipinski definition) is 4. The lowest BCUT2D eigenvalue weighted by Gasteiger charge is -2.27. The molecular weight excluding hydrogens is 226 g/mol. The van der Waals surface area contributed by atoms with Crippen molar-refractivity contribution in [3.63, 3.8) is 0 Å². The Morgan fingerprint density at radius 2 is 2.28 bits per heavy atom. The highest BCUT2D eigenvalue weighted by atomic mass is 16.5. The van der Waals surface area contributed by atoms with E-state index in [1.807, 2.05) is 6.92 Å². The first-order valence-electron chi connectivity index (χ1n) is 6.40. The molecule has 1 heterocycles. The van der Waals surface area contributed by atoms with Crippen LogP contribution in [0.4, 0.5) is 0 Å². The number of nitrogens with two attached hydrogens (primary N) is 1. The third-order valence-corrected chi connectivity index (χ3v) is 3.46. The van der Waals surface area contributed by atoms with Gasteiger partial charge in [-0.05, 0) is 30.9 Å². The van der Waals surface area contributed by atoms with E-state index in [1.54, 1.807) is 0 Å². The molecule has 1 aliphatic carbocycles. The van der Waals surface area contributed by atoms with Crippen molar-refractivity contribution in [2.75, 3.05) is 0 Å². The Labute approximate surface area is 106 Å². The highest BCUT2D eigenvalue weighted by Gasteiger charge is 2.30. The zero-order valence-corrected chi connectivity index (χ0v) is 10.5. The van der Waals surface area contributed by atoms with Gasteiger partial charge in [0.1, 0.15) is 0 Å². The van der Waals surface area contributed by atoms with Crippen LogP contribution in [0.1, 0.15) is 42.1 Å². The number of fused-ring (bicyclic) bond motifs is 1. The molecule has 0 spiro atoms. The molecule has 3 rings (SSSR count). The van der Waals surface area contributed by atoms with Gasteiger partial charge in [-0.1, -0.05) is 29.4 Å². The van der Waals surface area contributed by atoms with E-state index in [2.05, 4.69) is 34.4 Å². The van der Waals surface area contributed by atoms with Crippen LogP contribution in [0.5, 0.6) is 0 Å². The predicted octanol–water partition coefficient (Wildman–Crippen LogP) is 2.04. The minimum atomic E-state index is 0.171. The van der Waals surface area contributed by atoms with Crippen molar-refractivity contribution in [2.24, 2.45) is 5.73 Å². The largest absolute Gasteiger partial charge is 0.339 e. The molecule has 0 aliphatic heterocycles. The van der Waals surface area contributed by atoms with Crippen LogP contribution < -0.4 is 5.73 Å². The molecule has 18 heavy (non-hydrogen) atoms. The lowest BCUT2D eigenvalue weighted by Crippen LogP contribution is -2.19. The second-order valence-corrected chi connectivity index (χ2v) is 5.02. The predicted molar refractivity (Wildman–Crippen MR) is 68.3 cm³/mol. The van der Waals surface area contributed by atoms with Gasteiger partial charge in [-0.15, -0.1) is 0 Å². The van der Waals surface area contributed by atoms with Gasteiger partial charge in [0.2, 0.25) is 5.89 Å². The van der Waals surface area contributed by atoms with Gasteiger partial charge in [-0.2, -0.15) is 4.98 Å². The first kappa shape index (κ1) is 11.4. The molecule has 0 fully saturated rings. The van der Waals surface area contributed by atoms with E-state index in [1.165, 1.54) is 11.1 Å². The lowest BCUT2D eigenvalue weighted by molar-refractivity contribution is 0.364. The maximum absolute atomic E-state index is 5.72. The van der Waals surface area contributed by atoms with Crippen molar-refractivity contribution >= 4 is 0 Å². The van der Waals surface area contributed by atoms with Crippen LogP contribution in [-0.2, 0) is 12.8 Å². The zero-order chi connectivity index (χ0) is 12.5. The molecule has 0 saturated heterocycles. The number of aromatic nitrogens is 2. The Bertz CT molecular complexity index is 547. The fourth-order valence-corrected chi connectivity index (χ4v) is 2.35. The standard InChI is InChI=1S/C14H17N3O/c1-9(15)6-7-13-16-14(17-18-13)12-8-10-4-2-3-5-11(10)12/h2-5,9,12H,6-8,15H2,1H3. The van der Waals surface area contributed by atoms with Crippen LogP contribution in [0.25, 0.3) is 0 Å². The fourth-order valence-electron chi connectivity index (χ4n) is 2.35. The summed E-state index contributed by atoms with van der Waals surface area (Å²) in [4.78, 5) is 4.47. The van der Waals surface area contributed by atoms with Gasteiger partial charge >= 0.3 is 0 Å². The molecule has 0 amide bonds. The van der Waals surface area contributed by atoms with Crippen molar-refractivity contribution in [2.45, 2.75) is 38.1 Å². The normalized spacial score (nSPS) is 19.1. The maximum atomic E-state index is 5.72. The number of nitrogens with zero attached hydrogens (tertiary/aromatic N) is 2. The second-order valence-electron chi connectivity index (χ2n) is 5.02. The fraction of sp³-hybridized carbons (Fsp3) is 0.429. The highest BCUT2D eigenvalue weighted by molar-refractivity contribution is 5.43. The summed E-state index contributed by atoms with van der Waals surface area (Å²) in [5, 5.41) is 4.09. The quantitative estimate of drug-likeness (QED) is 0.892. The molecule has 2 N–H and O–H groups in total. The van der Waals surface area contributed by atoms with Crippen molar-refractivity contribution in [1.29, 1.82) is 0 Å². The van der Waals surface area contributed by atoms with Gasteiger partial charge in [0.05, 0.1) is 5.92 Å². The summed E-state index contributed by atoms with van der Waals surface area (Å²) in [6.45, 7) is 1.99. The molecule has 4 heteroatoms. The van der Waals surface area contributed by atoms with Gasteiger partial charge in [-0.3, -0.25) is 0 Å². The third-order valence-electron chi connectivity index (χ3n) is 3.46. The first-order chi connectivity index (χ1) is 8.74.